The van der Waals surface area contributed by atoms with Crippen molar-refractivity contribution in [3.8, 4) is 0 Å². The molecule has 0 radical (unpaired) electrons. The van der Waals surface area contributed by atoms with Crippen molar-refractivity contribution in [1.29, 1.82) is 0 Å². The molecule has 1 aromatic rings. The molecule has 0 bridgehead atoms. The second-order valence-corrected chi connectivity index (χ2v) is 7.55. The minimum Gasteiger partial charge on any atom is -0.363 e. The van der Waals surface area contributed by atoms with Crippen LogP contribution in [-0.2, 0) is 8.87 Å². The lowest BCUT2D eigenvalue weighted by Crippen LogP contribution is -2.18. The summed E-state index contributed by atoms with van der Waals surface area (Å²) in [5, 5.41) is 0. The molecule has 0 saturated carbocycles. The van der Waals surface area contributed by atoms with Crippen LogP contribution in [0, 0.1) is 5.82 Å². The molecule has 0 aromatic heterocycles. The molecule has 0 aliphatic carbocycles. The van der Waals surface area contributed by atoms with E-state index in [2.05, 4.69) is 0 Å². The summed E-state index contributed by atoms with van der Waals surface area (Å²) in [6.45, 7) is 0. The Morgan fingerprint density at radius 3 is 2.25 bits per heavy atom. The van der Waals surface area contributed by atoms with Crippen LogP contribution in [0.25, 0.3) is 0 Å². The topological polar surface area (TPSA) is 37.4 Å². The molecule has 0 aliphatic heterocycles. The van der Waals surface area contributed by atoms with Crippen molar-refractivity contribution in [2.24, 2.45) is 0 Å². The van der Waals surface area contributed by atoms with Crippen molar-refractivity contribution >= 4 is 36.2 Å². The molecule has 0 amide bonds. The highest BCUT2D eigenvalue weighted by Gasteiger charge is 2.19. The quantitative estimate of drug-likeness (QED) is 0.612. The van der Waals surface area contributed by atoms with Crippen LogP contribution in [0.3, 0.4) is 0 Å². The predicted molar refractivity (Wildman–Crippen MR) is 67.5 cm³/mol. The highest BCUT2D eigenvalue weighted by molar-refractivity contribution is 8.79. The minimum absolute atomic E-state index is 0.0445. The fourth-order valence-corrected chi connectivity index (χ4v) is 4.16. The normalized spacial score (nSPS) is 11.2. The maximum absolute atomic E-state index is 12.6. The zero-order valence-electron chi connectivity index (χ0n) is 8.68. The molecular weight excluding hydrogens is 269 g/mol. The highest BCUT2D eigenvalue weighted by atomic mass is 33.1. The first-order valence-electron chi connectivity index (χ1n) is 4.24. The van der Waals surface area contributed by atoms with E-state index in [9.17, 15) is 12.8 Å². The monoisotopic (exact) mass is 279 g/mol. The molecule has 3 nitrogen and oxygen atoms in total. The van der Waals surface area contributed by atoms with Crippen LogP contribution in [0.2, 0.25) is 0 Å². The Bertz CT molecular complexity index is 482. The third-order valence-electron chi connectivity index (χ3n) is 1.65. The van der Waals surface area contributed by atoms with Crippen LogP contribution in [0.5, 0.6) is 0 Å². The molecule has 16 heavy (non-hydrogen) atoms. The van der Waals surface area contributed by atoms with E-state index >= 15 is 0 Å². The SMILES string of the molecule is CN(C)C(=S)SS(=O)(=O)c1ccc(F)cc1. The van der Waals surface area contributed by atoms with Crippen LogP contribution >= 0.6 is 23.0 Å². The molecule has 0 unspecified atom stereocenters. The van der Waals surface area contributed by atoms with Crippen molar-refractivity contribution in [2.75, 3.05) is 14.1 Å². The molecule has 0 N–H and O–H groups in total. The molecule has 1 rings (SSSR count). The van der Waals surface area contributed by atoms with E-state index < -0.39 is 14.7 Å². The summed E-state index contributed by atoms with van der Waals surface area (Å²) in [6.07, 6.45) is 0. The zero-order valence-corrected chi connectivity index (χ0v) is 11.1. The summed E-state index contributed by atoms with van der Waals surface area (Å²) in [5.74, 6) is -0.473. The lowest BCUT2D eigenvalue weighted by atomic mass is 10.4. The second kappa shape index (κ2) is 5.11. The Kier molecular flexibility index (Phi) is 4.28. The molecule has 1 aromatic carbocycles. The van der Waals surface area contributed by atoms with Gasteiger partial charge in [0.15, 0.2) is 4.32 Å². The lowest BCUT2D eigenvalue weighted by Gasteiger charge is -2.12. The van der Waals surface area contributed by atoms with Crippen molar-refractivity contribution in [2.45, 2.75) is 4.90 Å². The maximum atomic E-state index is 12.6. The van der Waals surface area contributed by atoms with E-state index in [-0.39, 0.29) is 9.22 Å². The van der Waals surface area contributed by atoms with Crippen molar-refractivity contribution in [3.05, 3.63) is 30.1 Å². The smallest absolute Gasteiger partial charge is 0.236 e. The van der Waals surface area contributed by atoms with Gasteiger partial charge in [-0.15, -0.1) is 0 Å². The molecule has 0 fully saturated rings. The van der Waals surface area contributed by atoms with Crippen LogP contribution in [0.4, 0.5) is 4.39 Å². The van der Waals surface area contributed by atoms with Gasteiger partial charge in [-0.05, 0) is 24.3 Å². The van der Waals surface area contributed by atoms with E-state index in [0.29, 0.717) is 10.8 Å². The van der Waals surface area contributed by atoms with Crippen LogP contribution in [-0.4, -0.2) is 31.7 Å². The Hall–Kier alpha value is -0.660. The molecule has 0 heterocycles. The summed E-state index contributed by atoms with van der Waals surface area (Å²) < 4.78 is 36.4. The third-order valence-corrected chi connectivity index (χ3v) is 5.87. The first-order valence-corrected chi connectivity index (χ1v) is 7.47. The molecule has 0 spiro atoms. The number of hydrogen-bond donors (Lipinski definition) is 0. The molecule has 88 valence electrons. The van der Waals surface area contributed by atoms with E-state index in [1.807, 2.05) is 0 Å². The molecule has 0 aliphatic rings. The Labute approximate surface area is 103 Å². The third kappa shape index (κ3) is 3.43. The van der Waals surface area contributed by atoms with Gasteiger partial charge >= 0.3 is 0 Å². The van der Waals surface area contributed by atoms with Gasteiger partial charge in [-0.3, -0.25) is 0 Å². The number of benzene rings is 1. The zero-order chi connectivity index (χ0) is 12.3. The second-order valence-electron chi connectivity index (χ2n) is 3.15. The van der Waals surface area contributed by atoms with Gasteiger partial charge in [-0.25, -0.2) is 12.8 Å². The van der Waals surface area contributed by atoms with Gasteiger partial charge in [0.25, 0.3) is 0 Å². The van der Waals surface area contributed by atoms with Gasteiger partial charge in [-0.2, -0.15) is 0 Å². The number of thiocarbonyl (C=S) groups is 1. The Morgan fingerprint density at radius 1 is 1.31 bits per heavy atom. The maximum Gasteiger partial charge on any atom is 0.236 e. The largest absolute Gasteiger partial charge is 0.363 e. The van der Waals surface area contributed by atoms with Gasteiger partial charge in [0.05, 0.1) is 4.90 Å². The summed E-state index contributed by atoms with van der Waals surface area (Å²) in [6, 6.07) is 4.64. The van der Waals surface area contributed by atoms with Crippen LogP contribution < -0.4 is 0 Å². The first kappa shape index (κ1) is 13.4. The van der Waals surface area contributed by atoms with Gasteiger partial charge in [0, 0.05) is 24.9 Å². The van der Waals surface area contributed by atoms with E-state index in [0.717, 1.165) is 12.1 Å². The average Bonchev–Trinajstić information content (AvgIpc) is 2.17. The highest BCUT2D eigenvalue weighted by Crippen LogP contribution is 2.25. The first-order chi connectivity index (χ1) is 7.33. The molecule has 7 heteroatoms. The molecular formula is C9H10FNO2S3. The summed E-state index contributed by atoms with van der Waals surface area (Å²) in [5.41, 5.74) is 0. The minimum atomic E-state index is -3.55. The Morgan fingerprint density at radius 2 is 1.81 bits per heavy atom. The summed E-state index contributed by atoms with van der Waals surface area (Å²) in [4.78, 5) is 1.57. The van der Waals surface area contributed by atoms with Crippen LogP contribution in [0.15, 0.2) is 29.2 Å². The standard InChI is InChI=1S/C9H10FNO2S3/c1-11(2)9(14)15-16(12,13)8-5-3-7(10)4-6-8/h3-6H,1-2H3. The molecule has 0 atom stereocenters. The fraction of sp³-hybridized carbons (Fsp3) is 0.222. The number of nitrogens with zero attached hydrogens (tertiary/aromatic N) is 1. The predicted octanol–water partition coefficient (Wildman–Crippen LogP) is 2.09. The summed E-state index contributed by atoms with van der Waals surface area (Å²) in [7, 11) is 0.346. The van der Waals surface area contributed by atoms with E-state index in [1.54, 1.807) is 14.1 Å². The Balaban J connectivity index is 2.95. The lowest BCUT2D eigenvalue weighted by molar-refractivity contribution is 0.608. The van der Waals surface area contributed by atoms with Crippen molar-refractivity contribution in [3.63, 3.8) is 0 Å². The fourth-order valence-electron chi connectivity index (χ4n) is 0.818. The molecule has 0 saturated heterocycles. The number of rotatable bonds is 2. The summed E-state index contributed by atoms with van der Waals surface area (Å²) >= 11 is 4.89. The van der Waals surface area contributed by atoms with Crippen molar-refractivity contribution in [1.82, 2.24) is 4.90 Å². The van der Waals surface area contributed by atoms with Gasteiger partial charge < -0.3 is 4.90 Å². The average molecular weight is 279 g/mol. The van der Waals surface area contributed by atoms with Gasteiger partial charge in [0.1, 0.15) is 5.82 Å². The van der Waals surface area contributed by atoms with E-state index in [1.165, 1.54) is 17.0 Å². The number of hydrogen-bond acceptors (Lipinski definition) is 4. The van der Waals surface area contributed by atoms with Crippen LogP contribution in [0.1, 0.15) is 0 Å². The van der Waals surface area contributed by atoms with E-state index in [4.69, 9.17) is 12.2 Å². The van der Waals surface area contributed by atoms with Gasteiger partial charge in [0.2, 0.25) is 8.87 Å². The van der Waals surface area contributed by atoms with Gasteiger partial charge in [-0.1, -0.05) is 12.2 Å². The number of halogens is 1. The van der Waals surface area contributed by atoms with Crippen molar-refractivity contribution < 1.29 is 12.8 Å².